The highest BCUT2D eigenvalue weighted by Crippen LogP contribution is 2.26. The third kappa shape index (κ3) is 5.53. The molecule has 1 saturated heterocycles. The number of benzene rings is 1. The average Bonchev–Trinajstić information content (AvgIpc) is 3.19. The predicted octanol–water partition coefficient (Wildman–Crippen LogP) is 3.57. The van der Waals surface area contributed by atoms with Crippen LogP contribution in [-0.2, 0) is 0 Å². The third-order valence-corrected chi connectivity index (χ3v) is 4.83. The number of aryl methyl sites for hydroxylation is 2. The Morgan fingerprint density at radius 1 is 1.09 bits per heavy atom. The zero-order valence-electron chi connectivity index (χ0n) is 19.9. The first-order valence-corrected chi connectivity index (χ1v) is 11.2. The number of nitrogens with two attached hydrogens (primary N) is 2. The van der Waals surface area contributed by atoms with Gasteiger partial charge in [0.25, 0.3) is 0 Å². The molecule has 8 nitrogen and oxygen atoms in total. The lowest BCUT2D eigenvalue weighted by molar-refractivity contribution is 0.584. The number of aliphatic imine (C=N–C) groups is 1. The quantitative estimate of drug-likeness (QED) is 0.325. The van der Waals surface area contributed by atoms with Crippen LogP contribution in [-0.4, -0.2) is 46.6 Å². The Morgan fingerprint density at radius 3 is 2.38 bits per heavy atom. The van der Waals surface area contributed by atoms with Gasteiger partial charge in [0.15, 0.2) is 5.82 Å². The molecule has 9 heteroatoms. The summed E-state index contributed by atoms with van der Waals surface area (Å²) in [7, 11) is 0. The van der Waals surface area contributed by atoms with Crippen molar-refractivity contribution in [3.05, 3.63) is 47.2 Å². The minimum Gasteiger partial charge on any atom is -0.398 e. The highest BCUT2D eigenvalue weighted by atomic mass is 19.1. The van der Waals surface area contributed by atoms with E-state index in [4.69, 9.17) is 11.5 Å². The third-order valence-electron chi connectivity index (χ3n) is 4.83. The minimum absolute atomic E-state index is 0.00685. The fourth-order valence-corrected chi connectivity index (χ4v) is 3.50. The molecule has 1 aromatic carbocycles. The van der Waals surface area contributed by atoms with Crippen molar-refractivity contribution in [2.24, 2.45) is 10.7 Å². The lowest BCUT2D eigenvalue weighted by Gasteiger charge is -2.30. The number of rotatable bonds is 3. The predicted molar refractivity (Wildman–Crippen MR) is 131 cm³/mol. The molecule has 4 rings (SSSR count). The van der Waals surface area contributed by atoms with Crippen LogP contribution >= 0.6 is 0 Å². The Kier molecular flexibility index (Phi) is 8.95. The second-order valence-corrected chi connectivity index (χ2v) is 6.93. The summed E-state index contributed by atoms with van der Waals surface area (Å²) in [6.45, 7) is 15.1. The molecule has 0 amide bonds. The molecule has 174 valence electrons. The van der Waals surface area contributed by atoms with E-state index >= 15 is 0 Å². The summed E-state index contributed by atoms with van der Waals surface area (Å²) in [5.41, 5.74) is 15.8. The fourth-order valence-electron chi connectivity index (χ4n) is 3.50. The van der Waals surface area contributed by atoms with E-state index in [0.717, 1.165) is 48.8 Å². The van der Waals surface area contributed by atoms with E-state index in [9.17, 15) is 4.39 Å². The van der Waals surface area contributed by atoms with Crippen LogP contribution < -0.4 is 21.7 Å². The number of anilines is 2. The van der Waals surface area contributed by atoms with E-state index in [2.05, 4.69) is 25.3 Å². The largest absolute Gasteiger partial charge is 0.398 e. The normalized spacial score (nSPS) is 13.8. The van der Waals surface area contributed by atoms with Crippen LogP contribution in [0.1, 0.15) is 44.6 Å². The summed E-state index contributed by atoms with van der Waals surface area (Å²) >= 11 is 0. The molecular formula is C23H35FN8. The van der Waals surface area contributed by atoms with Crippen LogP contribution in [0.4, 0.5) is 21.6 Å². The van der Waals surface area contributed by atoms with Crippen molar-refractivity contribution < 1.29 is 4.39 Å². The van der Waals surface area contributed by atoms with Crippen molar-refractivity contribution >= 4 is 28.5 Å². The highest BCUT2D eigenvalue weighted by Gasteiger charge is 2.18. The molecule has 0 atom stereocenters. The van der Waals surface area contributed by atoms with E-state index in [1.54, 1.807) is 22.8 Å². The molecule has 2 aromatic heterocycles. The van der Waals surface area contributed by atoms with Gasteiger partial charge in [0, 0.05) is 43.6 Å². The van der Waals surface area contributed by atoms with Gasteiger partial charge in [0.05, 0.1) is 28.7 Å². The standard InChI is InChI=1S/C19H23FN8.2C2H6/c1-11-10-28-16(12(2)24-11)9-17(26-28)25-19(22)18-14(20)7-13(8-15(18)21)27-5-3-23-4-6-27;2*1-2/h7-10,23H,3-6,21H2,1-2H3,(H2,22,25,26);2*1-2H3. The Balaban J connectivity index is 0.000000860. The summed E-state index contributed by atoms with van der Waals surface area (Å²) in [6, 6.07) is 4.96. The maximum atomic E-state index is 14.8. The molecule has 0 radical (unpaired) electrons. The Morgan fingerprint density at radius 2 is 1.75 bits per heavy atom. The zero-order valence-corrected chi connectivity index (χ0v) is 19.9. The molecule has 1 aliphatic heterocycles. The van der Waals surface area contributed by atoms with E-state index in [1.165, 1.54) is 6.07 Å². The number of aromatic nitrogens is 3. The number of amidine groups is 1. The Labute approximate surface area is 189 Å². The molecule has 0 bridgehead atoms. The zero-order chi connectivity index (χ0) is 23.8. The molecule has 0 saturated carbocycles. The summed E-state index contributed by atoms with van der Waals surface area (Å²) in [5, 5.41) is 7.65. The van der Waals surface area contributed by atoms with Gasteiger partial charge in [-0.25, -0.2) is 13.9 Å². The van der Waals surface area contributed by atoms with Crippen molar-refractivity contribution in [1.82, 2.24) is 19.9 Å². The molecule has 5 N–H and O–H groups in total. The molecule has 1 fully saturated rings. The summed E-state index contributed by atoms with van der Waals surface area (Å²) in [5.74, 6) is -0.127. The van der Waals surface area contributed by atoms with Crippen LogP contribution in [0.3, 0.4) is 0 Å². The number of nitrogen functional groups attached to an aromatic ring is 1. The molecule has 1 aliphatic rings. The van der Waals surface area contributed by atoms with Crippen LogP contribution in [0.2, 0.25) is 0 Å². The first-order valence-electron chi connectivity index (χ1n) is 11.2. The first-order chi connectivity index (χ1) is 15.4. The van der Waals surface area contributed by atoms with Crippen molar-refractivity contribution in [2.75, 3.05) is 36.8 Å². The monoisotopic (exact) mass is 442 g/mol. The average molecular weight is 443 g/mol. The number of piperazine rings is 1. The summed E-state index contributed by atoms with van der Waals surface area (Å²) in [6.07, 6.45) is 1.80. The molecule has 0 spiro atoms. The first kappa shape index (κ1) is 25.1. The van der Waals surface area contributed by atoms with Crippen molar-refractivity contribution in [3.8, 4) is 0 Å². The van der Waals surface area contributed by atoms with Crippen LogP contribution in [0.5, 0.6) is 0 Å². The van der Waals surface area contributed by atoms with E-state index in [-0.39, 0.29) is 17.1 Å². The molecule has 3 heterocycles. The van der Waals surface area contributed by atoms with Gasteiger partial charge < -0.3 is 21.7 Å². The van der Waals surface area contributed by atoms with Gasteiger partial charge in [-0.1, -0.05) is 27.7 Å². The SMILES string of the molecule is CC.CC.Cc1cn2nc(N=C(N)c3c(N)cc(N4CCNCC4)cc3F)cc2c(C)n1. The van der Waals surface area contributed by atoms with Gasteiger partial charge in [-0.15, -0.1) is 5.10 Å². The topological polar surface area (TPSA) is 110 Å². The Hall–Kier alpha value is -3.20. The molecule has 0 aliphatic carbocycles. The molecule has 3 aromatic rings. The van der Waals surface area contributed by atoms with Crippen molar-refractivity contribution in [2.45, 2.75) is 41.5 Å². The molecule has 32 heavy (non-hydrogen) atoms. The lowest BCUT2D eigenvalue weighted by atomic mass is 10.1. The lowest BCUT2D eigenvalue weighted by Crippen LogP contribution is -2.43. The van der Waals surface area contributed by atoms with Gasteiger partial charge in [-0.3, -0.25) is 4.98 Å². The van der Waals surface area contributed by atoms with Gasteiger partial charge in [0.2, 0.25) is 0 Å². The number of hydrogen-bond donors (Lipinski definition) is 3. The van der Waals surface area contributed by atoms with Crippen LogP contribution in [0, 0.1) is 19.7 Å². The molecule has 0 unspecified atom stereocenters. The van der Waals surface area contributed by atoms with Crippen molar-refractivity contribution in [3.63, 3.8) is 0 Å². The summed E-state index contributed by atoms with van der Waals surface area (Å²) in [4.78, 5) is 10.8. The number of fused-ring (bicyclic) bond motifs is 1. The second kappa shape index (κ2) is 11.4. The highest BCUT2D eigenvalue weighted by molar-refractivity contribution is 6.04. The number of halogens is 1. The van der Waals surface area contributed by atoms with Gasteiger partial charge in [0.1, 0.15) is 11.7 Å². The second-order valence-electron chi connectivity index (χ2n) is 6.93. The van der Waals surface area contributed by atoms with Crippen molar-refractivity contribution in [1.29, 1.82) is 0 Å². The number of nitrogens with one attached hydrogen (secondary N) is 1. The van der Waals surface area contributed by atoms with Crippen LogP contribution in [0.25, 0.3) is 5.52 Å². The van der Waals surface area contributed by atoms with Gasteiger partial charge in [-0.2, -0.15) is 0 Å². The van der Waals surface area contributed by atoms with E-state index in [0.29, 0.717) is 5.82 Å². The van der Waals surface area contributed by atoms with E-state index < -0.39 is 5.82 Å². The summed E-state index contributed by atoms with van der Waals surface area (Å²) < 4.78 is 16.5. The van der Waals surface area contributed by atoms with Gasteiger partial charge >= 0.3 is 0 Å². The number of nitrogens with zero attached hydrogens (tertiary/aromatic N) is 5. The fraction of sp³-hybridized carbons (Fsp3) is 0.435. The van der Waals surface area contributed by atoms with E-state index in [1.807, 2.05) is 41.5 Å². The number of hydrogen-bond acceptors (Lipinski definition) is 6. The Bertz CT molecular complexity index is 1040. The van der Waals surface area contributed by atoms with Gasteiger partial charge in [-0.05, 0) is 26.0 Å². The maximum Gasteiger partial charge on any atom is 0.177 e. The smallest absolute Gasteiger partial charge is 0.177 e. The maximum absolute atomic E-state index is 14.8. The van der Waals surface area contributed by atoms with Crippen LogP contribution in [0.15, 0.2) is 29.4 Å². The molecular weight excluding hydrogens is 407 g/mol. The minimum atomic E-state index is -0.493.